The molecule has 6 rings (SSSR count). The van der Waals surface area contributed by atoms with E-state index in [1.54, 1.807) is 0 Å². The van der Waals surface area contributed by atoms with Crippen LogP contribution in [0.2, 0.25) is 0 Å². The highest BCUT2D eigenvalue weighted by atomic mass is 16.5. The average Bonchev–Trinajstić information content (AvgIpc) is 3.07. The van der Waals surface area contributed by atoms with Crippen LogP contribution < -0.4 is 14.5 Å². The molecule has 0 atom stereocenters. The van der Waals surface area contributed by atoms with Crippen LogP contribution in [0, 0.1) is 0 Å². The summed E-state index contributed by atoms with van der Waals surface area (Å²) in [4.78, 5) is 4.80. The van der Waals surface area contributed by atoms with Crippen molar-refractivity contribution in [2.24, 2.45) is 0 Å². The molecular formula is C40H36N2O. The van der Waals surface area contributed by atoms with Crippen LogP contribution in [0.1, 0.15) is 22.3 Å². The monoisotopic (exact) mass is 560 g/mol. The lowest BCUT2D eigenvalue weighted by Crippen LogP contribution is -2.22. The van der Waals surface area contributed by atoms with Gasteiger partial charge in [-0.1, -0.05) is 121 Å². The van der Waals surface area contributed by atoms with E-state index in [4.69, 9.17) is 4.74 Å². The Morgan fingerprint density at radius 3 is 0.814 bits per heavy atom. The minimum absolute atomic E-state index is 0.821. The maximum atomic E-state index is 6.28. The highest BCUT2D eigenvalue weighted by molar-refractivity contribution is 5.53. The molecule has 212 valence electrons. The lowest BCUT2D eigenvalue weighted by atomic mass is 10.1. The van der Waals surface area contributed by atoms with E-state index in [9.17, 15) is 0 Å². The van der Waals surface area contributed by atoms with Crippen LogP contribution in [-0.2, 0) is 26.2 Å². The molecule has 6 aromatic rings. The molecule has 0 aromatic heterocycles. The second-order valence-electron chi connectivity index (χ2n) is 10.7. The molecule has 0 radical (unpaired) electrons. The molecule has 0 aliphatic rings. The van der Waals surface area contributed by atoms with Crippen molar-refractivity contribution in [2.45, 2.75) is 26.2 Å². The van der Waals surface area contributed by atoms with Gasteiger partial charge in [-0.3, -0.25) is 0 Å². The van der Waals surface area contributed by atoms with Gasteiger partial charge in [0.2, 0.25) is 0 Å². The van der Waals surface area contributed by atoms with E-state index in [1.807, 2.05) is 0 Å². The van der Waals surface area contributed by atoms with Gasteiger partial charge >= 0.3 is 0 Å². The Labute approximate surface area is 255 Å². The topological polar surface area (TPSA) is 15.7 Å². The maximum absolute atomic E-state index is 6.28. The summed E-state index contributed by atoms with van der Waals surface area (Å²) < 4.78 is 6.28. The first-order valence-corrected chi connectivity index (χ1v) is 14.8. The number of hydrogen-bond acceptors (Lipinski definition) is 3. The highest BCUT2D eigenvalue weighted by Gasteiger charge is 2.11. The molecule has 0 unspecified atom stereocenters. The van der Waals surface area contributed by atoms with E-state index in [1.165, 1.54) is 22.3 Å². The largest absolute Gasteiger partial charge is 0.457 e. The molecule has 0 fully saturated rings. The van der Waals surface area contributed by atoms with Crippen molar-refractivity contribution < 1.29 is 4.74 Å². The smallest absolute Gasteiger partial charge is 0.127 e. The Balaban J connectivity index is 1.16. The Bertz CT molecular complexity index is 1440. The Morgan fingerprint density at radius 2 is 0.558 bits per heavy atom. The van der Waals surface area contributed by atoms with Crippen LogP contribution in [0.25, 0.3) is 0 Å². The standard InChI is InChI=1S/C40H36N2O/c1-5-13-33(14-6-1)29-41(30-34-15-7-2-8-16-34)37-21-25-39(26-22-37)43-40-27-23-38(24-28-40)42(31-35-17-9-3-10-18-35)32-36-19-11-4-12-20-36/h1-28H,29-32H2. The van der Waals surface area contributed by atoms with Gasteiger partial charge < -0.3 is 14.5 Å². The van der Waals surface area contributed by atoms with Crippen molar-refractivity contribution in [2.75, 3.05) is 9.80 Å². The van der Waals surface area contributed by atoms with Crippen LogP contribution >= 0.6 is 0 Å². The van der Waals surface area contributed by atoms with Crippen molar-refractivity contribution in [3.05, 3.63) is 192 Å². The second-order valence-corrected chi connectivity index (χ2v) is 10.7. The van der Waals surface area contributed by atoms with E-state index in [-0.39, 0.29) is 0 Å². The van der Waals surface area contributed by atoms with Crippen LogP contribution in [-0.4, -0.2) is 0 Å². The Morgan fingerprint density at radius 1 is 0.302 bits per heavy atom. The summed E-state index contributed by atoms with van der Waals surface area (Å²) >= 11 is 0. The van der Waals surface area contributed by atoms with Gasteiger partial charge in [-0.25, -0.2) is 0 Å². The van der Waals surface area contributed by atoms with Crippen molar-refractivity contribution in [1.29, 1.82) is 0 Å². The van der Waals surface area contributed by atoms with Crippen LogP contribution in [0.3, 0.4) is 0 Å². The van der Waals surface area contributed by atoms with E-state index in [0.29, 0.717) is 0 Å². The average molecular weight is 561 g/mol. The van der Waals surface area contributed by atoms with Crippen LogP contribution in [0.5, 0.6) is 11.5 Å². The third-order valence-corrected chi connectivity index (χ3v) is 7.50. The number of ether oxygens (including phenoxy) is 1. The predicted molar refractivity (Wildman–Crippen MR) is 178 cm³/mol. The summed E-state index contributed by atoms with van der Waals surface area (Å²) in [6, 6.07) is 59.3. The lowest BCUT2D eigenvalue weighted by molar-refractivity contribution is 0.482. The highest BCUT2D eigenvalue weighted by Crippen LogP contribution is 2.29. The molecule has 43 heavy (non-hydrogen) atoms. The molecular weight excluding hydrogens is 524 g/mol. The van der Waals surface area contributed by atoms with E-state index in [0.717, 1.165) is 49.1 Å². The zero-order chi connectivity index (χ0) is 29.1. The molecule has 3 heteroatoms. The van der Waals surface area contributed by atoms with Gasteiger partial charge in [-0.2, -0.15) is 0 Å². The van der Waals surface area contributed by atoms with E-state index >= 15 is 0 Å². The molecule has 0 saturated carbocycles. The second kappa shape index (κ2) is 14.1. The number of anilines is 2. The van der Waals surface area contributed by atoms with Gasteiger partial charge in [0.05, 0.1) is 0 Å². The number of nitrogens with zero attached hydrogens (tertiary/aromatic N) is 2. The lowest BCUT2D eigenvalue weighted by Gasteiger charge is -2.26. The number of rotatable bonds is 12. The molecule has 6 aromatic carbocycles. The molecule has 0 aliphatic carbocycles. The zero-order valence-electron chi connectivity index (χ0n) is 24.3. The fraction of sp³-hybridized carbons (Fsp3) is 0.100. The number of hydrogen-bond donors (Lipinski definition) is 0. The van der Waals surface area contributed by atoms with Gasteiger partial charge in [0.25, 0.3) is 0 Å². The van der Waals surface area contributed by atoms with Gasteiger partial charge in [-0.15, -0.1) is 0 Å². The molecule has 0 aliphatic heterocycles. The molecule has 0 amide bonds. The Kier molecular flexibility index (Phi) is 9.11. The predicted octanol–water partition coefficient (Wildman–Crippen LogP) is 9.89. The van der Waals surface area contributed by atoms with Gasteiger partial charge in [0.15, 0.2) is 0 Å². The van der Waals surface area contributed by atoms with Gasteiger partial charge in [-0.05, 0) is 70.8 Å². The third kappa shape index (κ3) is 7.93. The molecule has 0 spiro atoms. The van der Waals surface area contributed by atoms with Crippen LogP contribution in [0.15, 0.2) is 170 Å². The van der Waals surface area contributed by atoms with Crippen molar-refractivity contribution in [3.8, 4) is 11.5 Å². The molecule has 3 nitrogen and oxygen atoms in total. The summed E-state index contributed by atoms with van der Waals surface area (Å²) in [6.45, 7) is 3.33. The first kappa shape index (κ1) is 27.9. The minimum Gasteiger partial charge on any atom is -0.457 e. The first-order chi connectivity index (χ1) is 21.3. The maximum Gasteiger partial charge on any atom is 0.127 e. The van der Waals surface area contributed by atoms with E-state index in [2.05, 4.69) is 180 Å². The minimum atomic E-state index is 0.821. The molecule has 0 N–H and O–H groups in total. The fourth-order valence-corrected chi connectivity index (χ4v) is 5.28. The summed E-state index contributed by atoms with van der Waals surface area (Å²) in [6.07, 6.45) is 0. The summed E-state index contributed by atoms with van der Waals surface area (Å²) in [5.41, 5.74) is 7.46. The first-order valence-electron chi connectivity index (χ1n) is 14.8. The molecule has 0 heterocycles. The summed E-state index contributed by atoms with van der Waals surface area (Å²) in [5, 5.41) is 0. The zero-order valence-corrected chi connectivity index (χ0v) is 24.3. The quantitative estimate of drug-likeness (QED) is 0.148. The molecule has 0 saturated heterocycles. The van der Waals surface area contributed by atoms with Crippen molar-refractivity contribution in [3.63, 3.8) is 0 Å². The normalized spacial score (nSPS) is 10.7. The van der Waals surface area contributed by atoms with Crippen molar-refractivity contribution in [1.82, 2.24) is 0 Å². The van der Waals surface area contributed by atoms with E-state index < -0.39 is 0 Å². The summed E-state index contributed by atoms with van der Waals surface area (Å²) in [5.74, 6) is 1.64. The number of benzene rings is 6. The fourth-order valence-electron chi connectivity index (χ4n) is 5.28. The summed E-state index contributed by atoms with van der Waals surface area (Å²) in [7, 11) is 0. The Hall–Kier alpha value is -5.28. The van der Waals surface area contributed by atoms with Crippen molar-refractivity contribution >= 4 is 11.4 Å². The van der Waals surface area contributed by atoms with Crippen LogP contribution in [0.4, 0.5) is 11.4 Å². The molecule has 0 bridgehead atoms. The van der Waals surface area contributed by atoms with Gasteiger partial charge in [0, 0.05) is 37.6 Å². The van der Waals surface area contributed by atoms with Gasteiger partial charge in [0.1, 0.15) is 11.5 Å². The third-order valence-electron chi connectivity index (χ3n) is 7.50. The SMILES string of the molecule is c1ccc(CN(Cc2ccccc2)c2ccc(Oc3ccc(N(Cc4ccccc4)Cc4ccccc4)cc3)cc2)cc1.